The topological polar surface area (TPSA) is 32.3 Å². The van der Waals surface area contributed by atoms with Crippen LogP contribution in [-0.4, -0.2) is 23.8 Å². The van der Waals surface area contributed by atoms with Crippen LogP contribution in [0, 0.1) is 22.7 Å². The first-order valence-electron chi connectivity index (χ1n) is 7.18. The van der Waals surface area contributed by atoms with Gasteiger partial charge in [0.15, 0.2) is 0 Å². The van der Waals surface area contributed by atoms with Crippen molar-refractivity contribution in [3.63, 3.8) is 0 Å². The monoisotopic (exact) mass is 239 g/mol. The largest absolute Gasteiger partial charge is 0.395 e. The van der Waals surface area contributed by atoms with Crippen molar-refractivity contribution in [3.05, 3.63) is 0 Å². The van der Waals surface area contributed by atoms with E-state index in [4.69, 9.17) is 0 Å². The molecule has 2 N–H and O–H groups in total. The molecular weight excluding hydrogens is 210 g/mol. The quantitative estimate of drug-likeness (QED) is 0.790. The van der Waals surface area contributed by atoms with Crippen LogP contribution in [0.25, 0.3) is 0 Å². The Morgan fingerprint density at radius 1 is 1.29 bits per heavy atom. The highest BCUT2D eigenvalue weighted by atomic mass is 16.3. The summed E-state index contributed by atoms with van der Waals surface area (Å²) in [6, 6.07) is 0.809. The van der Waals surface area contributed by atoms with Crippen molar-refractivity contribution in [2.75, 3.05) is 6.61 Å². The van der Waals surface area contributed by atoms with Gasteiger partial charge in [-0.3, -0.25) is 0 Å². The lowest BCUT2D eigenvalue weighted by atomic mass is 9.68. The molecule has 2 aliphatic carbocycles. The first-order chi connectivity index (χ1) is 7.81. The highest BCUT2D eigenvalue weighted by Gasteiger charge is 2.59. The molecule has 0 aromatic heterocycles. The van der Waals surface area contributed by atoms with Crippen molar-refractivity contribution < 1.29 is 5.11 Å². The fourth-order valence-electron chi connectivity index (χ4n) is 4.39. The number of nitrogens with one attached hydrogen (secondary N) is 1. The molecule has 0 aromatic carbocycles. The van der Waals surface area contributed by atoms with Crippen LogP contribution in [0.4, 0.5) is 0 Å². The van der Waals surface area contributed by atoms with Crippen LogP contribution < -0.4 is 5.32 Å². The lowest BCUT2D eigenvalue weighted by Crippen LogP contribution is -2.55. The minimum Gasteiger partial charge on any atom is -0.395 e. The minimum atomic E-state index is 0.246. The average Bonchev–Trinajstić information content (AvgIpc) is 2.68. The van der Waals surface area contributed by atoms with E-state index in [9.17, 15) is 5.11 Å². The van der Waals surface area contributed by atoms with Gasteiger partial charge >= 0.3 is 0 Å². The van der Waals surface area contributed by atoms with E-state index in [0.29, 0.717) is 22.8 Å². The number of aliphatic hydroxyl groups is 1. The standard InChI is InChI=1S/C15H29NO/c1-10(2)12(9-17)16-13-14(3,4)11-6-7-15(13,5)8-11/h10-13,16-17H,6-9H2,1-5H3/t11?,12-,13?,15?/m1/s1. The lowest BCUT2D eigenvalue weighted by molar-refractivity contribution is 0.0772. The zero-order chi connectivity index (χ0) is 12.8. The fraction of sp³-hybridized carbons (Fsp3) is 1.00. The van der Waals surface area contributed by atoms with Crippen LogP contribution in [0.3, 0.4) is 0 Å². The van der Waals surface area contributed by atoms with E-state index in [1.165, 1.54) is 19.3 Å². The Labute approximate surface area is 106 Å². The molecule has 17 heavy (non-hydrogen) atoms. The average molecular weight is 239 g/mol. The summed E-state index contributed by atoms with van der Waals surface area (Å²) < 4.78 is 0. The van der Waals surface area contributed by atoms with Gasteiger partial charge in [-0.15, -0.1) is 0 Å². The summed E-state index contributed by atoms with van der Waals surface area (Å²) in [7, 11) is 0. The molecule has 0 spiro atoms. The van der Waals surface area contributed by atoms with E-state index < -0.39 is 0 Å². The van der Waals surface area contributed by atoms with E-state index in [0.717, 1.165) is 5.92 Å². The second-order valence-electron chi connectivity index (χ2n) is 7.55. The molecule has 0 aromatic rings. The van der Waals surface area contributed by atoms with Gasteiger partial charge in [-0.2, -0.15) is 0 Å². The van der Waals surface area contributed by atoms with Crippen LogP contribution in [0.2, 0.25) is 0 Å². The summed E-state index contributed by atoms with van der Waals surface area (Å²) in [5.74, 6) is 1.37. The van der Waals surface area contributed by atoms with E-state index in [2.05, 4.69) is 39.9 Å². The summed E-state index contributed by atoms with van der Waals surface area (Å²) >= 11 is 0. The molecule has 0 heterocycles. The number of aliphatic hydroxyl groups excluding tert-OH is 1. The van der Waals surface area contributed by atoms with Gasteiger partial charge in [-0.25, -0.2) is 0 Å². The molecule has 2 bridgehead atoms. The van der Waals surface area contributed by atoms with Gasteiger partial charge < -0.3 is 10.4 Å². The summed E-state index contributed by atoms with van der Waals surface area (Å²) in [5.41, 5.74) is 0.839. The third kappa shape index (κ3) is 2.04. The van der Waals surface area contributed by atoms with Crippen LogP contribution in [0.15, 0.2) is 0 Å². The number of rotatable bonds is 4. The maximum atomic E-state index is 9.52. The van der Waals surface area contributed by atoms with Crippen molar-refractivity contribution in [2.45, 2.75) is 66.0 Å². The summed E-state index contributed by atoms with van der Waals surface area (Å²) in [5, 5.41) is 13.3. The van der Waals surface area contributed by atoms with Crippen molar-refractivity contribution in [2.24, 2.45) is 22.7 Å². The number of fused-ring (bicyclic) bond motifs is 2. The zero-order valence-electron chi connectivity index (χ0n) is 12.1. The van der Waals surface area contributed by atoms with Crippen LogP contribution >= 0.6 is 0 Å². The summed E-state index contributed by atoms with van der Waals surface area (Å²) in [6.07, 6.45) is 4.12. The van der Waals surface area contributed by atoms with E-state index >= 15 is 0 Å². The first kappa shape index (κ1) is 13.4. The van der Waals surface area contributed by atoms with Crippen LogP contribution in [0.5, 0.6) is 0 Å². The molecule has 2 nitrogen and oxygen atoms in total. The smallest absolute Gasteiger partial charge is 0.0587 e. The highest BCUT2D eigenvalue weighted by Crippen LogP contribution is 2.62. The predicted molar refractivity (Wildman–Crippen MR) is 71.9 cm³/mol. The van der Waals surface area contributed by atoms with Gasteiger partial charge in [0.25, 0.3) is 0 Å². The van der Waals surface area contributed by atoms with Crippen LogP contribution in [0.1, 0.15) is 53.9 Å². The normalized spacial score (nSPS) is 41.1. The van der Waals surface area contributed by atoms with Crippen molar-refractivity contribution in [1.29, 1.82) is 0 Å². The molecule has 0 aliphatic heterocycles. The second-order valence-corrected chi connectivity index (χ2v) is 7.55. The van der Waals surface area contributed by atoms with Crippen molar-refractivity contribution in [1.82, 2.24) is 5.32 Å². The first-order valence-corrected chi connectivity index (χ1v) is 7.18. The van der Waals surface area contributed by atoms with Gasteiger partial charge in [-0.1, -0.05) is 34.6 Å². The lowest BCUT2D eigenvalue weighted by Gasteiger charge is -2.45. The number of hydrogen-bond donors (Lipinski definition) is 2. The maximum Gasteiger partial charge on any atom is 0.0587 e. The third-order valence-electron chi connectivity index (χ3n) is 5.65. The van der Waals surface area contributed by atoms with Gasteiger partial charge in [0.05, 0.1) is 6.61 Å². The molecule has 4 atom stereocenters. The Kier molecular flexibility index (Phi) is 3.33. The molecule has 2 fully saturated rings. The molecular formula is C15H29NO. The van der Waals surface area contributed by atoms with Gasteiger partial charge in [0.2, 0.25) is 0 Å². The van der Waals surface area contributed by atoms with Gasteiger partial charge in [-0.05, 0) is 41.9 Å². The molecule has 0 radical (unpaired) electrons. The Bertz CT molecular complexity index is 282. The van der Waals surface area contributed by atoms with Crippen molar-refractivity contribution in [3.8, 4) is 0 Å². The SMILES string of the molecule is CC(C)[C@@H](CO)NC1C2(C)CCC(C2)C1(C)C. The van der Waals surface area contributed by atoms with Crippen LogP contribution in [-0.2, 0) is 0 Å². The van der Waals surface area contributed by atoms with Gasteiger partial charge in [0.1, 0.15) is 0 Å². The zero-order valence-corrected chi connectivity index (χ0v) is 12.1. The molecule has 3 unspecified atom stereocenters. The molecule has 2 saturated carbocycles. The summed E-state index contributed by atoms with van der Waals surface area (Å²) in [4.78, 5) is 0. The number of hydrogen-bond acceptors (Lipinski definition) is 2. The Morgan fingerprint density at radius 2 is 1.94 bits per heavy atom. The molecule has 0 saturated heterocycles. The molecule has 2 aliphatic rings. The van der Waals surface area contributed by atoms with E-state index in [1.807, 2.05) is 0 Å². The minimum absolute atomic E-state index is 0.246. The predicted octanol–water partition coefficient (Wildman–Crippen LogP) is 2.81. The third-order valence-corrected chi connectivity index (χ3v) is 5.65. The van der Waals surface area contributed by atoms with E-state index in [-0.39, 0.29) is 12.6 Å². The van der Waals surface area contributed by atoms with Crippen molar-refractivity contribution >= 4 is 0 Å². The molecule has 0 amide bonds. The maximum absolute atomic E-state index is 9.52. The molecule has 2 heteroatoms. The molecule has 2 rings (SSSR count). The second kappa shape index (κ2) is 4.24. The fourth-order valence-corrected chi connectivity index (χ4v) is 4.39. The Balaban J connectivity index is 2.14. The van der Waals surface area contributed by atoms with E-state index in [1.54, 1.807) is 0 Å². The Hall–Kier alpha value is -0.0800. The highest BCUT2D eigenvalue weighted by molar-refractivity contribution is 5.12. The Morgan fingerprint density at radius 3 is 2.35 bits per heavy atom. The van der Waals surface area contributed by atoms with Gasteiger partial charge in [0, 0.05) is 12.1 Å². The summed E-state index contributed by atoms with van der Waals surface area (Å²) in [6.45, 7) is 11.9. The molecule has 100 valence electrons.